The number of amides is 3. The van der Waals surface area contributed by atoms with Crippen LogP contribution in [0.25, 0.3) is 0 Å². The van der Waals surface area contributed by atoms with Crippen molar-refractivity contribution in [1.29, 1.82) is 0 Å². The van der Waals surface area contributed by atoms with Gasteiger partial charge in [-0.2, -0.15) is 0 Å². The van der Waals surface area contributed by atoms with Crippen LogP contribution < -0.4 is 20.7 Å². The highest BCUT2D eigenvalue weighted by molar-refractivity contribution is 5.94. The van der Waals surface area contributed by atoms with Gasteiger partial charge in [-0.15, -0.1) is 0 Å². The Bertz CT molecular complexity index is 1880. The molecule has 0 aromatic heterocycles. The number of carbonyl (C=O) groups is 4. The van der Waals surface area contributed by atoms with Crippen LogP contribution in [0.2, 0.25) is 0 Å². The number of nitrogens with one attached hydrogen (secondary N) is 3. The first-order chi connectivity index (χ1) is 24.7. The molecule has 6 rings (SSSR count). The Morgan fingerprint density at radius 3 is 2.24 bits per heavy atom. The van der Waals surface area contributed by atoms with E-state index in [4.69, 9.17) is 9.84 Å². The quantitative estimate of drug-likeness (QED) is 0.169. The van der Waals surface area contributed by atoms with E-state index in [1.54, 1.807) is 43.1 Å². The number of aryl methyl sites for hydroxylation is 1. The van der Waals surface area contributed by atoms with Crippen LogP contribution in [0.3, 0.4) is 0 Å². The fraction of sp³-hybridized carbons (Fsp3) is 0.317. The number of carboxylic acids is 1. The van der Waals surface area contributed by atoms with Crippen molar-refractivity contribution in [2.45, 2.75) is 76.3 Å². The standard InChI is InChI=1S/C41H44N4O6/c1-26(42-2)38(46)44-36(22-27-16-20-33(21-17-27)51-25-28-14-18-30(19-15-28)41(49)50)40(48)45-24-32-10-4-3-9-31(32)23-37(45)39(47)43-35-13-7-11-29-8-5-6-12-34(29)35/h3-6,8-10,12,14-21,26,35-37,42H,7,11,13,22-25H2,1-2H3,(H,43,47)(H,44,46)(H,49,50)/t26-,35+,36-,37-/m0/s1. The first-order valence-corrected chi connectivity index (χ1v) is 17.5. The van der Waals surface area contributed by atoms with Gasteiger partial charge < -0.3 is 30.7 Å². The van der Waals surface area contributed by atoms with Crippen molar-refractivity contribution in [2.75, 3.05) is 7.05 Å². The molecule has 4 atom stereocenters. The van der Waals surface area contributed by atoms with Crippen LogP contribution in [0.5, 0.6) is 5.75 Å². The highest BCUT2D eigenvalue weighted by atomic mass is 16.5. The van der Waals surface area contributed by atoms with E-state index >= 15 is 0 Å². The van der Waals surface area contributed by atoms with Crippen molar-refractivity contribution in [3.05, 3.63) is 136 Å². The summed E-state index contributed by atoms with van der Waals surface area (Å²) in [6.45, 7) is 2.24. The summed E-state index contributed by atoms with van der Waals surface area (Å²) in [6.07, 6.45) is 3.37. The van der Waals surface area contributed by atoms with Gasteiger partial charge in [0.05, 0.1) is 17.6 Å². The highest BCUT2D eigenvalue weighted by Gasteiger charge is 2.39. The zero-order chi connectivity index (χ0) is 35.9. The van der Waals surface area contributed by atoms with Crippen LogP contribution in [-0.4, -0.2) is 58.9 Å². The molecular weight excluding hydrogens is 644 g/mol. The molecule has 0 saturated carbocycles. The maximum absolute atomic E-state index is 14.6. The van der Waals surface area contributed by atoms with Crippen LogP contribution >= 0.6 is 0 Å². The van der Waals surface area contributed by atoms with Crippen molar-refractivity contribution in [2.24, 2.45) is 0 Å². The summed E-state index contributed by atoms with van der Waals surface area (Å²) in [5.74, 6) is -1.23. The minimum Gasteiger partial charge on any atom is -0.489 e. The summed E-state index contributed by atoms with van der Waals surface area (Å²) < 4.78 is 5.92. The highest BCUT2D eigenvalue weighted by Crippen LogP contribution is 2.31. The molecule has 10 heteroatoms. The van der Waals surface area contributed by atoms with Crippen molar-refractivity contribution in [3.63, 3.8) is 0 Å². The van der Waals surface area contributed by atoms with Gasteiger partial charge in [-0.05, 0) is 90.9 Å². The average Bonchev–Trinajstić information content (AvgIpc) is 3.16. The molecule has 0 saturated heterocycles. The Balaban J connectivity index is 1.21. The van der Waals surface area contributed by atoms with Gasteiger partial charge in [0.15, 0.2) is 0 Å². The lowest BCUT2D eigenvalue weighted by Crippen LogP contribution is -2.59. The number of aromatic carboxylic acids is 1. The van der Waals surface area contributed by atoms with E-state index < -0.39 is 24.1 Å². The first kappa shape index (κ1) is 35.3. The number of likely N-dealkylation sites (N-methyl/N-ethyl adjacent to an activating group) is 1. The topological polar surface area (TPSA) is 137 Å². The number of hydrogen-bond donors (Lipinski definition) is 4. The monoisotopic (exact) mass is 688 g/mol. The first-order valence-electron chi connectivity index (χ1n) is 17.5. The number of nitrogens with zero attached hydrogens (tertiary/aromatic N) is 1. The fourth-order valence-corrected chi connectivity index (χ4v) is 6.86. The summed E-state index contributed by atoms with van der Waals surface area (Å²) in [5.41, 5.74) is 6.21. The van der Waals surface area contributed by atoms with Crippen LogP contribution in [-0.2, 0) is 46.8 Å². The summed E-state index contributed by atoms with van der Waals surface area (Å²) in [4.78, 5) is 54.8. The van der Waals surface area contributed by atoms with Crippen LogP contribution in [0, 0.1) is 0 Å². The lowest BCUT2D eigenvalue weighted by atomic mass is 9.87. The molecule has 0 spiro atoms. The minimum absolute atomic E-state index is 0.131. The van der Waals surface area contributed by atoms with Gasteiger partial charge in [-0.1, -0.05) is 72.8 Å². The lowest BCUT2D eigenvalue weighted by molar-refractivity contribution is -0.145. The molecule has 0 unspecified atom stereocenters. The molecule has 0 fully saturated rings. The molecule has 1 aliphatic carbocycles. The van der Waals surface area contributed by atoms with Gasteiger partial charge in [0.25, 0.3) is 0 Å². The molecule has 4 aromatic carbocycles. The largest absolute Gasteiger partial charge is 0.489 e. The van der Waals surface area contributed by atoms with Crippen LogP contribution in [0.4, 0.5) is 0 Å². The molecular formula is C41H44N4O6. The van der Waals surface area contributed by atoms with E-state index in [1.165, 1.54) is 17.7 Å². The molecule has 4 N–H and O–H groups in total. The maximum atomic E-state index is 14.6. The molecule has 264 valence electrons. The number of rotatable bonds is 12. The van der Waals surface area contributed by atoms with E-state index in [-0.39, 0.29) is 48.9 Å². The zero-order valence-electron chi connectivity index (χ0n) is 28.9. The van der Waals surface area contributed by atoms with Gasteiger partial charge in [0, 0.05) is 19.4 Å². The Morgan fingerprint density at radius 1 is 0.863 bits per heavy atom. The van der Waals surface area contributed by atoms with Gasteiger partial charge in [0.2, 0.25) is 17.7 Å². The summed E-state index contributed by atoms with van der Waals surface area (Å²) in [7, 11) is 1.69. The number of benzene rings is 4. The summed E-state index contributed by atoms with van der Waals surface area (Å²) in [5, 5.41) is 18.3. The van der Waals surface area contributed by atoms with Gasteiger partial charge in [-0.3, -0.25) is 14.4 Å². The molecule has 3 amide bonds. The molecule has 0 radical (unpaired) electrons. The van der Waals surface area contributed by atoms with Crippen LogP contribution in [0.15, 0.2) is 97.1 Å². The normalized spacial score (nSPS) is 17.6. The smallest absolute Gasteiger partial charge is 0.335 e. The lowest BCUT2D eigenvalue weighted by Gasteiger charge is -2.39. The van der Waals surface area contributed by atoms with Gasteiger partial charge in [0.1, 0.15) is 24.4 Å². The Kier molecular flexibility index (Phi) is 11.1. The molecule has 51 heavy (non-hydrogen) atoms. The fourth-order valence-electron chi connectivity index (χ4n) is 6.86. The molecule has 2 aliphatic rings. The second-order valence-electron chi connectivity index (χ2n) is 13.3. The summed E-state index contributed by atoms with van der Waals surface area (Å²) >= 11 is 0. The zero-order valence-corrected chi connectivity index (χ0v) is 28.9. The third kappa shape index (κ3) is 8.46. The second-order valence-corrected chi connectivity index (χ2v) is 13.3. The van der Waals surface area contributed by atoms with Crippen molar-refractivity contribution in [3.8, 4) is 5.75 Å². The third-order valence-corrected chi connectivity index (χ3v) is 9.93. The van der Waals surface area contributed by atoms with E-state index in [9.17, 15) is 19.2 Å². The Morgan fingerprint density at radius 2 is 1.53 bits per heavy atom. The molecule has 10 nitrogen and oxygen atoms in total. The SMILES string of the molecule is CN[C@@H](C)C(=O)N[C@@H](Cc1ccc(OCc2ccc(C(=O)O)cc2)cc1)C(=O)N1Cc2ccccc2C[C@H]1C(=O)N[C@@H]1CCCc2ccccc21. The van der Waals surface area contributed by atoms with E-state index in [2.05, 4.69) is 28.1 Å². The van der Waals surface area contributed by atoms with Gasteiger partial charge >= 0.3 is 5.97 Å². The predicted octanol–water partition coefficient (Wildman–Crippen LogP) is 4.75. The third-order valence-electron chi connectivity index (χ3n) is 9.93. The molecule has 4 aromatic rings. The number of carbonyl (C=O) groups excluding carboxylic acids is 3. The minimum atomic E-state index is -0.985. The molecule has 1 heterocycles. The number of ether oxygens (including phenoxy) is 1. The maximum Gasteiger partial charge on any atom is 0.335 e. The Hall–Kier alpha value is -5.48. The molecule has 0 bridgehead atoms. The van der Waals surface area contributed by atoms with Crippen molar-refractivity contribution in [1.82, 2.24) is 20.9 Å². The Labute approximate surface area is 298 Å². The number of fused-ring (bicyclic) bond motifs is 2. The number of carboxylic acid groups (broad SMARTS) is 1. The van der Waals surface area contributed by atoms with Crippen molar-refractivity contribution < 1.29 is 29.0 Å². The van der Waals surface area contributed by atoms with Gasteiger partial charge in [-0.25, -0.2) is 4.79 Å². The predicted molar refractivity (Wildman–Crippen MR) is 193 cm³/mol. The second kappa shape index (κ2) is 16.0. The average molecular weight is 689 g/mol. The van der Waals surface area contributed by atoms with Crippen molar-refractivity contribution >= 4 is 23.7 Å². The van der Waals surface area contributed by atoms with Crippen LogP contribution in [0.1, 0.15) is 69.5 Å². The van der Waals surface area contributed by atoms with E-state index in [0.29, 0.717) is 12.2 Å². The molecule has 1 aliphatic heterocycles. The summed E-state index contributed by atoms with van der Waals surface area (Å²) in [6, 6.07) is 27.5. The van der Waals surface area contributed by atoms with E-state index in [0.717, 1.165) is 47.1 Å². The van der Waals surface area contributed by atoms with E-state index in [1.807, 2.05) is 48.5 Å². The number of hydrogen-bond acceptors (Lipinski definition) is 6.